The first-order valence-corrected chi connectivity index (χ1v) is 4.82. The summed E-state index contributed by atoms with van der Waals surface area (Å²) in [6.07, 6.45) is -2.76. The second kappa shape index (κ2) is 4.19. The summed E-state index contributed by atoms with van der Waals surface area (Å²) in [5.41, 5.74) is -0.738. The van der Waals surface area contributed by atoms with Crippen LogP contribution in [0.3, 0.4) is 0 Å². The third-order valence-electron chi connectivity index (χ3n) is 1.42. The summed E-state index contributed by atoms with van der Waals surface area (Å²) in [6, 6.07) is 1.18. The van der Waals surface area contributed by atoms with E-state index in [4.69, 9.17) is 11.6 Å². The highest BCUT2D eigenvalue weighted by Crippen LogP contribution is 2.22. The summed E-state index contributed by atoms with van der Waals surface area (Å²) in [5, 5.41) is -0.140. The van der Waals surface area contributed by atoms with Crippen LogP contribution in [0.2, 0.25) is 5.02 Å². The fraction of sp³-hybridized carbons (Fsp3) is 0.286. The van der Waals surface area contributed by atoms with Gasteiger partial charge in [0.2, 0.25) is 5.43 Å². The summed E-state index contributed by atoms with van der Waals surface area (Å²) in [5.74, 6) is 0. The molecule has 0 aliphatic carbocycles. The summed E-state index contributed by atoms with van der Waals surface area (Å²) in [7, 11) is 0. The van der Waals surface area contributed by atoms with E-state index in [0.29, 0.717) is 11.0 Å². The van der Waals surface area contributed by atoms with Gasteiger partial charge in [0.1, 0.15) is 10.7 Å². The Labute approximate surface area is 86.0 Å². The maximum atomic E-state index is 12.3. The molecule has 0 atom stereocenters. The predicted octanol–water partition coefficient (Wildman–Crippen LogP) is 2.86. The molecule has 6 heteroatoms. The van der Waals surface area contributed by atoms with Crippen LogP contribution in [0.1, 0.15) is 17.8 Å². The molecule has 0 saturated carbocycles. The normalized spacial score (nSPS) is 10.8. The Morgan fingerprint density at radius 2 is 2.23 bits per heavy atom. The van der Waals surface area contributed by atoms with Crippen molar-refractivity contribution in [1.29, 1.82) is 0 Å². The highest BCUT2D eigenvalue weighted by molar-refractivity contribution is 9.08. The van der Waals surface area contributed by atoms with E-state index < -0.39 is 22.6 Å². The molecule has 0 aliphatic rings. The highest BCUT2D eigenvalue weighted by Gasteiger charge is 2.15. The van der Waals surface area contributed by atoms with Gasteiger partial charge in [0.05, 0.1) is 0 Å². The summed E-state index contributed by atoms with van der Waals surface area (Å²) < 4.78 is 24.5. The minimum atomic E-state index is -2.76. The van der Waals surface area contributed by atoms with Gasteiger partial charge in [-0.1, -0.05) is 27.5 Å². The summed E-state index contributed by atoms with van der Waals surface area (Å²) in [6.45, 7) is 0. The second-order valence-corrected chi connectivity index (χ2v) is 3.26. The molecular weight excluding hydrogens is 267 g/mol. The Balaban J connectivity index is 3.33. The van der Waals surface area contributed by atoms with E-state index in [2.05, 4.69) is 20.9 Å². The molecule has 1 aromatic heterocycles. The third kappa shape index (κ3) is 2.28. The lowest BCUT2D eigenvalue weighted by atomic mass is 10.3. The number of H-pyrrole nitrogens is 1. The monoisotopic (exact) mass is 271 g/mol. The van der Waals surface area contributed by atoms with Gasteiger partial charge in [-0.3, -0.25) is 4.79 Å². The van der Waals surface area contributed by atoms with Crippen LogP contribution >= 0.6 is 27.5 Å². The number of rotatable bonds is 2. The largest absolute Gasteiger partial charge is 0.355 e. The molecule has 1 rings (SSSR count). The van der Waals surface area contributed by atoms with Gasteiger partial charge in [-0.25, -0.2) is 8.78 Å². The third-order valence-corrected chi connectivity index (χ3v) is 2.41. The van der Waals surface area contributed by atoms with Gasteiger partial charge in [-0.2, -0.15) is 0 Å². The van der Waals surface area contributed by atoms with Gasteiger partial charge in [0, 0.05) is 17.1 Å². The molecule has 0 aliphatic heterocycles. The Kier molecular flexibility index (Phi) is 3.44. The van der Waals surface area contributed by atoms with E-state index in [1.165, 1.54) is 6.07 Å². The molecule has 0 fully saturated rings. The van der Waals surface area contributed by atoms with Crippen LogP contribution in [-0.4, -0.2) is 4.98 Å². The first-order chi connectivity index (χ1) is 6.06. The van der Waals surface area contributed by atoms with Crippen LogP contribution < -0.4 is 5.43 Å². The lowest BCUT2D eigenvalue weighted by Gasteiger charge is -2.04. The number of nitrogens with one attached hydrogen (secondary N) is 1. The topological polar surface area (TPSA) is 32.9 Å². The molecular formula is C7H5BrClF2NO. The molecule has 1 N–H and O–H groups in total. The Bertz CT molecular complexity index is 366. The fourth-order valence-corrected chi connectivity index (χ4v) is 1.33. The van der Waals surface area contributed by atoms with Crippen molar-refractivity contribution in [1.82, 2.24) is 4.98 Å². The fourth-order valence-electron chi connectivity index (χ4n) is 0.841. The minimum absolute atomic E-state index is 0.305. The van der Waals surface area contributed by atoms with E-state index in [-0.39, 0.29) is 0 Å². The zero-order chi connectivity index (χ0) is 10.0. The maximum Gasteiger partial charge on any atom is 0.279 e. The van der Waals surface area contributed by atoms with E-state index in [9.17, 15) is 13.6 Å². The van der Waals surface area contributed by atoms with Crippen LogP contribution in [0.15, 0.2) is 10.9 Å². The van der Waals surface area contributed by atoms with Gasteiger partial charge >= 0.3 is 0 Å². The molecule has 2 nitrogen and oxygen atoms in total. The van der Waals surface area contributed by atoms with Gasteiger partial charge in [0.25, 0.3) is 6.43 Å². The molecule has 1 heterocycles. The number of pyridine rings is 1. The first-order valence-electron chi connectivity index (χ1n) is 3.32. The van der Waals surface area contributed by atoms with Crippen molar-refractivity contribution in [3.05, 3.63) is 32.7 Å². The summed E-state index contributed by atoms with van der Waals surface area (Å²) in [4.78, 5) is 13.4. The lowest BCUT2D eigenvalue weighted by Crippen LogP contribution is -2.09. The van der Waals surface area contributed by atoms with Crippen LogP contribution in [0, 0.1) is 0 Å². The zero-order valence-electron chi connectivity index (χ0n) is 6.28. The molecule has 1 aromatic rings. The predicted molar refractivity (Wildman–Crippen MR) is 49.7 cm³/mol. The van der Waals surface area contributed by atoms with E-state index in [1.54, 1.807) is 0 Å². The molecule has 0 aromatic carbocycles. The smallest absolute Gasteiger partial charge is 0.279 e. The van der Waals surface area contributed by atoms with E-state index >= 15 is 0 Å². The van der Waals surface area contributed by atoms with Gasteiger partial charge in [-0.05, 0) is 0 Å². The van der Waals surface area contributed by atoms with Gasteiger partial charge in [-0.15, -0.1) is 0 Å². The average molecular weight is 272 g/mol. The van der Waals surface area contributed by atoms with Crippen molar-refractivity contribution in [2.75, 3.05) is 0 Å². The molecule has 0 unspecified atom stereocenters. The molecule has 72 valence electrons. The molecule has 13 heavy (non-hydrogen) atoms. The van der Waals surface area contributed by atoms with Crippen molar-refractivity contribution < 1.29 is 8.78 Å². The van der Waals surface area contributed by atoms with E-state index in [0.717, 1.165) is 0 Å². The number of hydrogen-bond donors (Lipinski definition) is 1. The molecule has 0 amide bonds. The van der Waals surface area contributed by atoms with Crippen LogP contribution in [0.4, 0.5) is 8.78 Å². The van der Waals surface area contributed by atoms with Crippen molar-refractivity contribution in [3.8, 4) is 0 Å². The number of aromatic nitrogens is 1. The van der Waals surface area contributed by atoms with E-state index in [1.807, 2.05) is 0 Å². The number of hydrogen-bond acceptors (Lipinski definition) is 1. The van der Waals surface area contributed by atoms with Crippen molar-refractivity contribution in [2.45, 2.75) is 11.8 Å². The Morgan fingerprint density at radius 3 is 2.69 bits per heavy atom. The molecule has 0 radical (unpaired) electrons. The van der Waals surface area contributed by atoms with Gasteiger partial charge < -0.3 is 4.98 Å². The lowest BCUT2D eigenvalue weighted by molar-refractivity contribution is 0.146. The highest BCUT2D eigenvalue weighted by atomic mass is 79.9. The van der Waals surface area contributed by atoms with Crippen molar-refractivity contribution in [2.24, 2.45) is 0 Å². The van der Waals surface area contributed by atoms with Crippen molar-refractivity contribution in [3.63, 3.8) is 0 Å². The van der Waals surface area contributed by atoms with Crippen LogP contribution in [0.25, 0.3) is 0 Å². The quantitative estimate of drug-likeness (QED) is 0.825. The van der Waals surface area contributed by atoms with Crippen LogP contribution in [-0.2, 0) is 5.33 Å². The molecule has 0 bridgehead atoms. The number of alkyl halides is 3. The number of aromatic amines is 1. The Hall–Kier alpha value is -0.420. The van der Waals surface area contributed by atoms with Crippen LogP contribution in [0.5, 0.6) is 0 Å². The minimum Gasteiger partial charge on any atom is -0.355 e. The summed E-state index contributed by atoms with van der Waals surface area (Å²) >= 11 is 8.42. The maximum absolute atomic E-state index is 12.3. The SMILES string of the molecule is O=c1cc(CBr)[nH]c(C(F)F)c1Cl. The average Bonchev–Trinajstić information content (AvgIpc) is 2.09. The molecule has 0 saturated heterocycles. The van der Waals surface area contributed by atoms with Gasteiger partial charge in [0.15, 0.2) is 0 Å². The zero-order valence-corrected chi connectivity index (χ0v) is 8.62. The Morgan fingerprint density at radius 1 is 1.62 bits per heavy atom. The second-order valence-electron chi connectivity index (χ2n) is 2.32. The standard InChI is InChI=1S/C7H5BrClF2NO/c8-2-3-1-4(13)5(9)6(12-3)7(10)11/h1,7H,2H2,(H,12,13). The van der Waals surface area contributed by atoms with Crippen molar-refractivity contribution >= 4 is 27.5 Å². The molecule has 0 spiro atoms. The number of halogens is 4. The first kappa shape index (κ1) is 10.7.